The summed E-state index contributed by atoms with van der Waals surface area (Å²) in [6, 6.07) is 20.7. The van der Waals surface area contributed by atoms with Gasteiger partial charge in [0.1, 0.15) is 11.6 Å². The first kappa shape index (κ1) is 28.0. The summed E-state index contributed by atoms with van der Waals surface area (Å²) in [6.45, 7) is 0. The van der Waals surface area contributed by atoms with Crippen LogP contribution >= 0.6 is 0 Å². The van der Waals surface area contributed by atoms with Gasteiger partial charge in [-0.25, -0.2) is 15.3 Å². The predicted molar refractivity (Wildman–Crippen MR) is 153 cm³/mol. The molecular weight excluding hydrogens is 553 g/mol. The molecule has 42 heavy (non-hydrogen) atoms. The third-order valence-corrected chi connectivity index (χ3v) is 5.82. The van der Waals surface area contributed by atoms with Crippen molar-refractivity contribution < 1.29 is 22.7 Å². The van der Waals surface area contributed by atoms with E-state index in [2.05, 4.69) is 46.7 Å². The Morgan fingerprint density at radius 3 is 2.29 bits per heavy atom. The van der Waals surface area contributed by atoms with Crippen LogP contribution in [0.25, 0.3) is 0 Å². The van der Waals surface area contributed by atoms with Crippen LogP contribution in [0.15, 0.2) is 90.2 Å². The van der Waals surface area contributed by atoms with Crippen molar-refractivity contribution in [2.45, 2.75) is 6.36 Å². The number of benzene rings is 3. The molecule has 5 N–H and O–H groups in total. The number of nitrogens with zero attached hydrogens (tertiary/aromatic N) is 5. The van der Waals surface area contributed by atoms with Crippen LogP contribution in [0.3, 0.4) is 0 Å². The minimum absolute atomic E-state index is 0.298. The van der Waals surface area contributed by atoms with Crippen molar-refractivity contribution in [1.29, 1.82) is 0 Å². The van der Waals surface area contributed by atoms with Crippen molar-refractivity contribution in [2.75, 3.05) is 34.9 Å². The van der Waals surface area contributed by atoms with Crippen LogP contribution in [0.1, 0.15) is 5.56 Å². The summed E-state index contributed by atoms with van der Waals surface area (Å²) in [6.07, 6.45) is -3.14. The average Bonchev–Trinajstić information content (AvgIpc) is 3.40. The molecule has 2 heterocycles. The van der Waals surface area contributed by atoms with Crippen LogP contribution in [-0.4, -0.2) is 47.4 Å². The molecule has 0 unspecified atom stereocenters. The number of rotatable bonds is 8. The first-order chi connectivity index (χ1) is 20.1. The van der Waals surface area contributed by atoms with Crippen molar-refractivity contribution >= 4 is 46.4 Å². The molecule has 0 spiro atoms. The molecule has 15 heteroatoms. The Kier molecular flexibility index (Phi) is 7.92. The van der Waals surface area contributed by atoms with E-state index in [0.29, 0.717) is 29.0 Å². The summed E-state index contributed by atoms with van der Waals surface area (Å²) in [5, 5.41) is 14.3. The van der Waals surface area contributed by atoms with E-state index in [1.54, 1.807) is 41.6 Å². The summed E-state index contributed by atoms with van der Waals surface area (Å²) in [4.78, 5) is 23.1. The van der Waals surface area contributed by atoms with Crippen LogP contribution < -0.4 is 36.5 Å². The summed E-state index contributed by atoms with van der Waals surface area (Å²) >= 11 is 0. The molecular formula is C27H25F3N10O2. The highest BCUT2D eigenvalue weighted by molar-refractivity contribution is 6.00. The predicted octanol–water partition coefficient (Wildman–Crippen LogP) is 5.15. The van der Waals surface area contributed by atoms with Gasteiger partial charge in [-0.1, -0.05) is 12.1 Å². The van der Waals surface area contributed by atoms with Gasteiger partial charge < -0.3 is 25.6 Å². The molecule has 0 fully saturated rings. The summed E-state index contributed by atoms with van der Waals surface area (Å²) in [7, 11) is 3.66. The molecule has 12 nitrogen and oxygen atoms in total. The number of hydrogen-bond donors (Lipinski definition) is 5. The number of hydrazine groups is 2. The molecule has 5 rings (SSSR count). The Balaban J connectivity index is 1.18. The summed E-state index contributed by atoms with van der Waals surface area (Å²) in [5.74, 6) is 1.33. The number of carbonyl (C=O) groups excluding carboxylic acids is 1. The van der Waals surface area contributed by atoms with Crippen molar-refractivity contribution in [3.05, 3.63) is 90.6 Å². The van der Waals surface area contributed by atoms with E-state index in [4.69, 9.17) is 0 Å². The molecule has 1 aromatic heterocycles. The van der Waals surface area contributed by atoms with E-state index in [-0.39, 0.29) is 5.75 Å². The third-order valence-electron chi connectivity index (χ3n) is 5.82. The highest BCUT2D eigenvalue weighted by atomic mass is 19.4. The molecule has 0 atom stereocenters. The van der Waals surface area contributed by atoms with E-state index in [1.165, 1.54) is 12.1 Å². The van der Waals surface area contributed by atoms with Gasteiger partial charge in [-0.15, -0.1) is 23.4 Å². The lowest BCUT2D eigenvalue weighted by atomic mass is 10.2. The molecule has 4 aromatic rings. The number of alkyl halides is 3. The zero-order valence-electron chi connectivity index (χ0n) is 22.3. The number of anilines is 6. The van der Waals surface area contributed by atoms with E-state index in [1.807, 2.05) is 43.3 Å². The van der Waals surface area contributed by atoms with Crippen LogP contribution in [-0.2, 0) is 0 Å². The number of hydrogen-bond acceptors (Lipinski definition) is 10. The number of amidine groups is 1. The Morgan fingerprint density at radius 1 is 0.952 bits per heavy atom. The van der Waals surface area contributed by atoms with E-state index < -0.39 is 12.4 Å². The Hall–Kier alpha value is -5.57. The van der Waals surface area contributed by atoms with Crippen molar-refractivity contribution in [3.63, 3.8) is 0 Å². The smallest absolute Gasteiger partial charge is 0.406 e. The number of amides is 2. The standard InChI is InChI=1S/C27H25F3N10O2/c1-39(23-14-15-31-25(35-23)32-20-5-3-4-17(16-20)24-36-38-40(2)37-24)21-10-6-18(7-11-21)33-26(41)34-19-8-12-22(13-9-19)42-27(28,29)30/h3-16,38H,1-2H3,(H,36,37)(H,31,32,35)(H2,33,34,41). The molecule has 1 aliphatic heterocycles. The number of urea groups is 1. The fourth-order valence-corrected chi connectivity index (χ4v) is 3.87. The van der Waals surface area contributed by atoms with E-state index in [9.17, 15) is 18.0 Å². The Labute approximate surface area is 238 Å². The van der Waals surface area contributed by atoms with Crippen LogP contribution in [0, 0.1) is 0 Å². The number of carbonyl (C=O) groups is 1. The molecule has 0 radical (unpaired) electrons. The fourth-order valence-electron chi connectivity index (χ4n) is 3.87. The van der Waals surface area contributed by atoms with Crippen molar-refractivity contribution in [3.8, 4) is 5.75 Å². The normalized spacial score (nSPS) is 12.9. The van der Waals surface area contributed by atoms with Gasteiger partial charge in [-0.05, 0) is 66.7 Å². The average molecular weight is 579 g/mol. The molecule has 0 aliphatic carbocycles. The van der Waals surface area contributed by atoms with E-state index in [0.717, 1.165) is 29.1 Å². The molecule has 216 valence electrons. The number of hydrazone groups is 1. The summed E-state index contributed by atoms with van der Waals surface area (Å²) in [5.41, 5.74) is 9.15. The lowest BCUT2D eigenvalue weighted by Gasteiger charge is -2.19. The number of aromatic nitrogens is 2. The van der Waals surface area contributed by atoms with Gasteiger partial charge in [0.25, 0.3) is 0 Å². The maximum atomic E-state index is 12.4. The molecule has 2 amide bonds. The second-order valence-electron chi connectivity index (χ2n) is 8.93. The van der Waals surface area contributed by atoms with Gasteiger partial charge in [0.15, 0.2) is 5.84 Å². The van der Waals surface area contributed by atoms with Crippen LogP contribution in [0.2, 0.25) is 0 Å². The van der Waals surface area contributed by atoms with Gasteiger partial charge in [0.2, 0.25) is 5.95 Å². The third kappa shape index (κ3) is 7.33. The number of nitrogens with one attached hydrogen (secondary N) is 5. The second-order valence-corrected chi connectivity index (χ2v) is 8.93. The molecule has 0 saturated carbocycles. The van der Waals surface area contributed by atoms with Gasteiger partial charge in [0, 0.05) is 48.6 Å². The second kappa shape index (κ2) is 11.9. The fraction of sp³-hybridized carbons (Fsp3) is 0.111. The summed E-state index contributed by atoms with van der Waals surface area (Å²) < 4.78 is 40.8. The van der Waals surface area contributed by atoms with Gasteiger partial charge in [-0.2, -0.15) is 4.98 Å². The highest BCUT2D eigenvalue weighted by Crippen LogP contribution is 2.26. The minimum Gasteiger partial charge on any atom is -0.406 e. The first-order valence-electron chi connectivity index (χ1n) is 12.4. The molecule has 1 aliphatic rings. The van der Waals surface area contributed by atoms with Gasteiger partial charge >= 0.3 is 12.4 Å². The van der Waals surface area contributed by atoms with Crippen LogP contribution in [0.5, 0.6) is 5.75 Å². The monoisotopic (exact) mass is 578 g/mol. The van der Waals surface area contributed by atoms with Gasteiger partial charge in [0.05, 0.1) is 0 Å². The number of ether oxygens (including phenoxy) is 1. The zero-order valence-corrected chi connectivity index (χ0v) is 22.3. The van der Waals surface area contributed by atoms with Crippen LogP contribution in [0.4, 0.5) is 52.5 Å². The molecule has 0 bridgehead atoms. The van der Waals surface area contributed by atoms with Gasteiger partial charge in [-0.3, -0.25) is 5.43 Å². The lowest BCUT2D eigenvalue weighted by molar-refractivity contribution is -0.274. The zero-order chi connectivity index (χ0) is 29.7. The number of halogens is 3. The SMILES string of the molecule is CN1NN=C(c2cccc(Nc3nccc(N(C)c4ccc(NC(=O)Nc5ccc(OC(F)(F)F)cc5)cc4)n3)c2)N1. The lowest BCUT2D eigenvalue weighted by Crippen LogP contribution is -2.37. The maximum Gasteiger partial charge on any atom is 0.573 e. The maximum absolute atomic E-state index is 12.4. The highest BCUT2D eigenvalue weighted by Gasteiger charge is 2.31. The largest absolute Gasteiger partial charge is 0.573 e. The minimum atomic E-state index is -4.79. The molecule has 0 saturated heterocycles. The Bertz CT molecular complexity index is 1580. The van der Waals surface area contributed by atoms with Crippen molar-refractivity contribution in [2.24, 2.45) is 5.10 Å². The Morgan fingerprint density at radius 2 is 1.64 bits per heavy atom. The van der Waals surface area contributed by atoms with E-state index >= 15 is 0 Å². The topological polar surface area (TPSA) is 131 Å². The van der Waals surface area contributed by atoms with Crippen molar-refractivity contribution in [1.82, 2.24) is 26.0 Å². The molecule has 3 aromatic carbocycles. The first-order valence-corrected chi connectivity index (χ1v) is 12.4. The quantitative estimate of drug-likeness (QED) is 0.193.